The van der Waals surface area contributed by atoms with Crippen molar-refractivity contribution in [2.75, 3.05) is 6.61 Å². The predicted octanol–water partition coefficient (Wildman–Crippen LogP) is 0.979. The van der Waals surface area contributed by atoms with Crippen LogP contribution in [0.25, 0.3) is 0 Å². The molecule has 0 aliphatic carbocycles. The Morgan fingerprint density at radius 3 is 2.94 bits per heavy atom. The second-order valence-corrected chi connectivity index (χ2v) is 3.46. The molecule has 94 valence electrons. The highest BCUT2D eigenvalue weighted by molar-refractivity contribution is 5.56. The van der Waals surface area contributed by atoms with Crippen LogP contribution >= 0.6 is 0 Å². The summed E-state index contributed by atoms with van der Waals surface area (Å²) < 4.78 is 9.67. The normalized spacial score (nSPS) is 12.1. The molecular formula is C9H14N4O4. The molecule has 1 N–H and O–H groups in total. The third-order valence-electron chi connectivity index (χ3n) is 1.65. The van der Waals surface area contributed by atoms with Gasteiger partial charge in [0.15, 0.2) is 0 Å². The van der Waals surface area contributed by atoms with Crippen molar-refractivity contribution in [2.45, 2.75) is 26.7 Å². The molecule has 1 aromatic heterocycles. The molecule has 0 aliphatic rings. The molecule has 0 aromatic carbocycles. The second-order valence-electron chi connectivity index (χ2n) is 3.46. The van der Waals surface area contributed by atoms with Crippen LogP contribution in [-0.2, 0) is 16.1 Å². The Hall–Kier alpha value is -1.96. The number of hydrogen-bond donors (Lipinski definition) is 1. The number of tetrazole rings is 1. The van der Waals surface area contributed by atoms with Gasteiger partial charge in [0.1, 0.15) is 6.61 Å². The van der Waals surface area contributed by atoms with Crippen molar-refractivity contribution in [1.82, 2.24) is 20.2 Å². The molecule has 1 rings (SSSR count). The van der Waals surface area contributed by atoms with Gasteiger partial charge >= 0.3 is 6.16 Å². The monoisotopic (exact) mass is 242 g/mol. The summed E-state index contributed by atoms with van der Waals surface area (Å²) in [5.41, 5.74) is 0.889. The highest BCUT2D eigenvalue weighted by Gasteiger charge is 2.13. The van der Waals surface area contributed by atoms with E-state index in [0.717, 1.165) is 10.4 Å². The Morgan fingerprint density at radius 2 is 2.35 bits per heavy atom. The van der Waals surface area contributed by atoms with E-state index in [0.29, 0.717) is 12.4 Å². The summed E-state index contributed by atoms with van der Waals surface area (Å²) in [5, 5.41) is 19.7. The predicted molar refractivity (Wildman–Crippen MR) is 56.1 cm³/mol. The second kappa shape index (κ2) is 5.94. The van der Waals surface area contributed by atoms with E-state index in [2.05, 4.69) is 26.7 Å². The molecule has 0 spiro atoms. The number of hydrogen-bond acceptors (Lipinski definition) is 6. The summed E-state index contributed by atoms with van der Waals surface area (Å²) in [6, 6.07) is 0. The Labute approximate surface area is 97.8 Å². The zero-order chi connectivity index (χ0) is 12.8. The third kappa shape index (κ3) is 4.60. The van der Waals surface area contributed by atoms with Crippen LogP contribution in [0.1, 0.15) is 25.9 Å². The maximum absolute atomic E-state index is 10.3. The Bertz CT molecular complexity index is 403. The minimum absolute atomic E-state index is 0.187. The summed E-state index contributed by atoms with van der Waals surface area (Å²) in [4.78, 5) is 11.4. The van der Waals surface area contributed by atoms with Gasteiger partial charge in [0.25, 0.3) is 0 Å². The number of aromatic nitrogens is 4. The van der Waals surface area contributed by atoms with Crippen LogP contribution < -0.4 is 0 Å². The summed E-state index contributed by atoms with van der Waals surface area (Å²) in [6.07, 6.45) is -2.22. The number of ether oxygens (including phenoxy) is 2. The van der Waals surface area contributed by atoms with Crippen LogP contribution in [-0.4, -0.2) is 38.1 Å². The van der Waals surface area contributed by atoms with Crippen molar-refractivity contribution >= 4 is 6.16 Å². The fourth-order valence-corrected chi connectivity index (χ4v) is 0.977. The van der Waals surface area contributed by atoms with Crippen molar-refractivity contribution in [3.05, 3.63) is 18.0 Å². The van der Waals surface area contributed by atoms with Crippen LogP contribution in [0.4, 0.5) is 4.79 Å². The molecule has 0 saturated carbocycles. The van der Waals surface area contributed by atoms with Gasteiger partial charge in [0.05, 0.1) is 6.61 Å². The molecule has 0 amide bonds. The van der Waals surface area contributed by atoms with Gasteiger partial charge in [0, 0.05) is 0 Å². The standard InChI is InChI=1S/C9H14N4O4/c1-6(2)4-16-5-8-10-12-13(11-8)7(3)17-9(14)15/h7H,1,4-5H2,2-3H3,(H,14,15). The number of nitrogens with zero attached hydrogens (tertiary/aromatic N) is 4. The lowest BCUT2D eigenvalue weighted by molar-refractivity contribution is 0.0135. The van der Waals surface area contributed by atoms with E-state index >= 15 is 0 Å². The van der Waals surface area contributed by atoms with Gasteiger partial charge in [-0.2, -0.15) is 0 Å². The molecule has 0 radical (unpaired) electrons. The number of carboxylic acid groups (broad SMARTS) is 1. The first-order valence-corrected chi connectivity index (χ1v) is 4.89. The molecular weight excluding hydrogens is 228 g/mol. The molecule has 0 saturated heterocycles. The van der Waals surface area contributed by atoms with Crippen molar-refractivity contribution in [2.24, 2.45) is 0 Å². The van der Waals surface area contributed by atoms with Gasteiger partial charge in [-0.05, 0) is 19.1 Å². The van der Waals surface area contributed by atoms with Crippen LogP contribution in [0.3, 0.4) is 0 Å². The Balaban J connectivity index is 2.47. The number of rotatable bonds is 6. The Kier molecular flexibility index (Phi) is 4.58. The average Bonchev–Trinajstić information content (AvgIpc) is 2.64. The van der Waals surface area contributed by atoms with Crippen molar-refractivity contribution in [1.29, 1.82) is 0 Å². The van der Waals surface area contributed by atoms with Gasteiger partial charge in [-0.1, -0.05) is 12.2 Å². The molecule has 1 atom stereocenters. The minimum Gasteiger partial charge on any atom is -0.450 e. The SMILES string of the molecule is C=C(C)COCc1nnn(C(C)OC(=O)O)n1. The lowest BCUT2D eigenvalue weighted by Crippen LogP contribution is -2.16. The topological polar surface area (TPSA) is 99.4 Å². The van der Waals surface area contributed by atoms with Crippen LogP contribution in [0.5, 0.6) is 0 Å². The van der Waals surface area contributed by atoms with Gasteiger partial charge in [0.2, 0.25) is 12.1 Å². The van der Waals surface area contributed by atoms with Gasteiger partial charge in [-0.15, -0.1) is 15.0 Å². The lowest BCUT2D eigenvalue weighted by atomic mass is 10.4. The van der Waals surface area contributed by atoms with Gasteiger partial charge < -0.3 is 14.6 Å². The summed E-state index contributed by atoms with van der Waals surface area (Å²) in [5.74, 6) is 0.354. The van der Waals surface area contributed by atoms with Crippen LogP contribution in [0, 0.1) is 0 Å². The molecule has 8 nitrogen and oxygen atoms in total. The molecule has 1 aromatic rings. The van der Waals surface area contributed by atoms with E-state index in [4.69, 9.17) is 9.84 Å². The van der Waals surface area contributed by atoms with Crippen molar-refractivity contribution < 1.29 is 19.4 Å². The van der Waals surface area contributed by atoms with E-state index in [1.54, 1.807) is 0 Å². The quantitative estimate of drug-likeness (QED) is 0.586. The van der Waals surface area contributed by atoms with E-state index in [1.165, 1.54) is 6.92 Å². The molecule has 0 fully saturated rings. The Morgan fingerprint density at radius 1 is 1.65 bits per heavy atom. The van der Waals surface area contributed by atoms with E-state index in [9.17, 15) is 4.79 Å². The summed E-state index contributed by atoms with van der Waals surface area (Å²) in [6.45, 7) is 7.61. The lowest BCUT2D eigenvalue weighted by Gasteiger charge is -2.07. The van der Waals surface area contributed by atoms with E-state index in [1.807, 2.05) is 6.92 Å². The molecule has 1 heterocycles. The van der Waals surface area contributed by atoms with Gasteiger partial charge in [-0.25, -0.2) is 4.79 Å². The highest BCUT2D eigenvalue weighted by Crippen LogP contribution is 2.04. The van der Waals surface area contributed by atoms with Gasteiger partial charge in [-0.3, -0.25) is 0 Å². The highest BCUT2D eigenvalue weighted by atomic mass is 16.7. The summed E-state index contributed by atoms with van der Waals surface area (Å²) in [7, 11) is 0. The van der Waals surface area contributed by atoms with Crippen molar-refractivity contribution in [3.63, 3.8) is 0 Å². The first-order valence-electron chi connectivity index (χ1n) is 4.89. The first kappa shape index (κ1) is 13.1. The average molecular weight is 242 g/mol. The van der Waals surface area contributed by atoms with Crippen molar-refractivity contribution in [3.8, 4) is 0 Å². The molecule has 17 heavy (non-hydrogen) atoms. The zero-order valence-electron chi connectivity index (χ0n) is 9.66. The molecule has 0 aliphatic heterocycles. The summed E-state index contributed by atoms with van der Waals surface area (Å²) >= 11 is 0. The fraction of sp³-hybridized carbons (Fsp3) is 0.556. The maximum Gasteiger partial charge on any atom is 0.507 e. The van der Waals surface area contributed by atoms with E-state index < -0.39 is 12.4 Å². The fourth-order valence-electron chi connectivity index (χ4n) is 0.977. The third-order valence-corrected chi connectivity index (χ3v) is 1.65. The molecule has 1 unspecified atom stereocenters. The van der Waals surface area contributed by atoms with Crippen LogP contribution in [0.15, 0.2) is 12.2 Å². The smallest absolute Gasteiger partial charge is 0.450 e. The van der Waals surface area contributed by atoms with E-state index in [-0.39, 0.29) is 6.61 Å². The molecule has 0 bridgehead atoms. The minimum atomic E-state index is -1.39. The first-order chi connectivity index (χ1) is 7.99. The molecule has 8 heteroatoms. The zero-order valence-corrected chi connectivity index (χ0v) is 9.66. The number of carbonyl (C=O) groups is 1. The van der Waals surface area contributed by atoms with Crippen LogP contribution in [0.2, 0.25) is 0 Å². The maximum atomic E-state index is 10.3. The largest absolute Gasteiger partial charge is 0.507 e.